The lowest BCUT2D eigenvalue weighted by molar-refractivity contribution is 0.665. The third-order valence-electron chi connectivity index (χ3n) is 12.6. The van der Waals surface area contributed by atoms with E-state index in [0.717, 1.165) is 0 Å². The fraction of sp³-hybridized carbons (Fsp3) is 0.364. The second-order valence-electron chi connectivity index (χ2n) is 18.9. The molecule has 0 N–H and O–H groups in total. The van der Waals surface area contributed by atoms with E-state index in [2.05, 4.69) is 243 Å². The highest BCUT2D eigenvalue weighted by atomic mass is 14.1. The number of rotatable bonds is 12. The van der Waals surface area contributed by atoms with Crippen molar-refractivity contribution in [2.75, 3.05) is 0 Å². The molecule has 0 atom stereocenters. The van der Waals surface area contributed by atoms with Crippen molar-refractivity contribution in [3.63, 3.8) is 0 Å². The van der Waals surface area contributed by atoms with Gasteiger partial charge in [0.15, 0.2) is 0 Å². The maximum absolute atomic E-state index is 2.37. The number of aryl methyl sites for hydroxylation is 13. The van der Waals surface area contributed by atoms with Crippen LogP contribution in [0.4, 0.5) is 0 Å². The van der Waals surface area contributed by atoms with Gasteiger partial charge in [0.25, 0.3) is 0 Å². The molecule has 350 valence electrons. The molecule has 0 heteroatoms. The Morgan fingerprint density at radius 1 is 0.288 bits per heavy atom. The second-order valence-corrected chi connectivity index (χ2v) is 18.9. The molecule has 0 aliphatic heterocycles. The van der Waals surface area contributed by atoms with Gasteiger partial charge in [0.1, 0.15) is 0 Å². The average molecular weight is 879 g/mol. The van der Waals surface area contributed by atoms with Gasteiger partial charge in [0, 0.05) is 0 Å². The van der Waals surface area contributed by atoms with Gasteiger partial charge in [-0.15, -0.1) is 0 Å². The SMILES string of the molecule is CCCCCCc1cc(C)c(C)cc1C.CCCCCCc1cc(C)cc(C)c1.Cc1cc(-c2ccccc2)c(C)cc1-c1ccccc1.Cc1cccc(C)c1.Cc1cccc(C)c1C. The van der Waals surface area contributed by atoms with Crippen LogP contribution in [0.15, 0.2) is 146 Å². The molecular formula is C66H86. The summed E-state index contributed by atoms with van der Waals surface area (Å²) in [4.78, 5) is 0. The molecule has 0 aromatic heterocycles. The van der Waals surface area contributed by atoms with Crippen molar-refractivity contribution >= 4 is 0 Å². The molecule has 0 radical (unpaired) electrons. The normalized spacial score (nSPS) is 10.3. The molecule has 0 aliphatic rings. The van der Waals surface area contributed by atoms with Gasteiger partial charge in [0.05, 0.1) is 0 Å². The first-order valence-electron chi connectivity index (χ1n) is 25.0. The standard InChI is InChI=1S/C20H18.C15H24.C14H22.C9H12.C8H10/c1-15-13-20(18-11-7-4-8-12-18)16(2)14-19(15)17-9-5-3-6-10-17;1-5-6-7-8-9-15-11-13(3)12(2)10-14(15)4;1-4-5-6-7-8-14-10-12(2)9-13(3)11-14;1-7-5-4-6-8(2)9(7)3;1-7-4-3-5-8(2)6-7/h3-14H,1-2H3;10-11H,5-9H2,1-4H3;9-11H,4-8H2,1-3H3;4-6H,1-3H3;3-6H,1-2H3. The van der Waals surface area contributed by atoms with Crippen molar-refractivity contribution in [2.24, 2.45) is 0 Å². The first kappa shape index (κ1) is 54.9. The zero-order chi connectivity index (χ0) is 48.4. The zero-order valence-corrected chi connectivity index (χ0v) is 43.9. The Balaban J connectivity index is 0.000000227. The van der Waals surface area contributed by atoms with Gasteiger partial charge < -0.3 is 0 Å². The Labute approximate surface area is 405 Å². The molecule has 0 unspecified atom stereocenters. The second kappa shape index (κ2) is 29.9. The van der Waals surface area contributed by atoms with Gasteiger partial charge in [-0.1, -0.05) is 220 Å². The van der Waals surface area contributed by atoms with Crippen LogP contribution in [0.5, 0.6) is 0 Å². The number of unbranched alkanes of at least 4 members (excludes halogenated alkanes) is 6. The van der Waals surface area contributed by atoms with E-state index in [1.807, 2.05) is 0 Å². The quantitative estimate of drug-likeness (QED) is 0.107. The third-order valence-corrected chi connectivity index (χ3v) is 12.6. The lowest BCUT2D eigenvalue weighted by Crippen LogP contribution is -1.93. The predicted octanol–water partition coefficient (Wildman–Crippen LogP) is 19.7. The molecule has 0 fully saturated rings. The van der Waals surface area contributed by atoms with Crippen molar-refractivity contribution in [2.45, 2.75) is 161 Å². The molecule has 0 amide bonds. The van der Waals surface area contributed by atoms with Crippen LogP contribution in [-0.2, 0) is 12.8 Å². The topological polar surface area (TPSA) is 0 Å². The lowest BCUT2D eigenvalue weighted by atomic mass is 9.92. The number of benzene rings is 7. The highest BCUT2D eigenvalue weighted by Gasteiger charge is 2.08. The molecule has 0 bridgehead atoms. The van der Waals surface area contributed by atoms with E-state index in [1.165, 1.54) is 159 Å². The van der Waals surface area contributed by atoms with Crippen LogP contribution in [0.3, 0.4) is 0 Å². The molecule has 0 saturated heterocycles. The van der Waals surface area contributed by atoms with Gasteiger partial charge in [-0.25, -0.2) is 0 Å². The first-order chi connectivity index (χ1) is 31.6. The number of hydrogen-bond donors (Lipinski definition) is 0. The molecule has 0 saturated carbocycles. The summed E-state index contributed by atoms with van der Waals surface area (Å²) in [6, 6.07) is 52.2. The van der Waals surface area contributed by atoms with E-state index in [-0.39, 0.29) is 0 Å². The third kappa shape index (κ3) is 20.0. The van der Waals surface area contributed by atoms with Gasteiger partial charge >= 0.3 is 0 Å². The Morgan fingerprint density at radius 3 is 1.14 bits per heavy atom. The van der Waals surface area contributed by atoms with Crippen molar-refractivity contribution < 1.29 is 0 Å². The van der Waals surface area contributed by atoms with Crippen molar-refractivity contribution in [3.8, 4) is 22.3 Å². The molecule has 0 nitrogen and oxygen atoms in total. The highest BCUT2D eigenvalue weighted by Crippen LogP contribution is 2.31. The summed E-state index contributed by atoms with van der Waals surface area (Å²) in [5, 5.41) is 0. The van der Waals surface area contributed by atoms with Gasteiger partial charge in [0.2, 0.25) is 0 Å². The van der Waals surface area contributed by atoms with E-state index >= 15 is 0 Å². The molecule has 0 heterocycles. The largest absolute Gasteiger partial charge is 0.0654 e. The van der Waals surface area contributed by atoms with Crippen molar-refractivity contribution in [1.82, 2.24) is 0 Å². The Bertz CT molecular complexity index is 2320. The summed E-state index contributed by atoms with van der Waals surface area (Å²) in [5.41, 5.74) is 24.9. The predicted molar refractivity (Wildman–Crippen MR) is 296 cm³/mol. The van der Waals surface area contributed by atoms with Crippen LogP contribution < -0.4 is 0 Å². The fourth-order valence-electron chi connectivity index (χ4n) is 8.38. The molecule has 7 aromatic carbocycles. The van der Waals surface area contributed by atoms with Crippen LogP contribution in [0.2, 0.25) is 0 Å². The minimum absolute atomic E-state index is 1.25. The minimum atomic E-state index is 1.25. The molecule has 0 spiro atoms. The summed E-state index contributed by atoms with van der Waals surface area (Å²) in [5.74, 6) is 0. The zero-order valence-electron chi connectivity index (χ0n) is 43.9. The van der Waals surface area contributed by atoms with E-state index in [4.69, 9.17) is 0 Å². The smallest absolute Gasteiger partial charge is 0.0152 e. The maximum atomic E-state index is 2.37. The van der Waals surface area contributed by atoms with Crippen LogP contribution in [0, 0.1) is 83.1 Å². The Hall–Kier alpha value is -5.46. The van der Waals surface area contributed by atoms with Crippen LogP contribution in [0.25, 0.3) is 22.3 Å². The summed E-state index contributed by atoms with van der Waals surface area (Å²) >= 11 is 0. The van der Waals surface area contributed by atoms with Crippen LogP contribution in [-0.4, -0.2) is 0 Å². The molecule has 0 aliphatic carbocycles. The monoisotopic (exact) mass is 879 g/mol. The maximum Gasteiger partial charge on any atom is -0.0152 e. The average Bonchev–Trinajstić information content (AvgIpc) is 3.29. The van der Waals surface area contributed by atoms with Gasteiger partial charge in [-0.05, 0) is 187 Å². The Kier molecular flexibility index (Phi) is 24.9. The number of hydrogen-bond acceptors (Lipinski definition) is 0. The molecule has 66 heavy (non-hydrogen) atoms. The summed E-state index contributed by atoms with van der Waals surface area (Å²) in [6.45, 7) is 30.6. The molecule has 7 rings (SSSR count). The first-order valence-corrected chi connectivity index (χ1v) is 25.0. The van der Waals surface area contributed by atoms with Gasteiger partial charge in [-0.3, -0.25) is 0 Å². The van der Waals surface area contributed by atoms with E-state index in [0.29, 0.717) is 0 Å². The van der Waals surface area contributed by atoms with E-state index in [9.17, 15) is 0 Å². The summed E-state index contributed by atoms with van der Waals surface area (Å²) in [7, 11) is 0. The Morgan fingerprint density at radius 2 is 0.712 bits per heavy atom. The highest BCUT2D eigenvalue weighted by molar-refractivity contribution is 5.76. The molecular weight excluding hydrogens is 793 g/mol. The minimum Gasteiger partial charge on any atom is -0.0654 e. The van der Waals surface area contributed by atoms with Crippen molar-refractivity contribution in [3.05, 3.63) is 223 Å². The van der Waals surface area contributed by atoms with Crippen LogP contribution >= 0.6 is 0 Å². The van der Waals surface area contributed by atoms with Gasteiger partial charge in [-0.2, -0.15) is 0 Å². The van der Waals surface area contributed by atoms with E-state index in [1.54, 1.807) is 5.56 Å². The summed E-state index contributed by atoms with van der Waals surface area (Å²) < 4.78 is 0. The van der Waals surface area contributed by atoms with E-state index < -0.39 is 0 Å². The van der Waals surface area contributed by atoms with Crippen LogP contribution in [0.1, 0.15) is 143 Å². The lowest BCUT2D eigenvalue weighted by Gasteiger charge is -2.13. The molecule has 7 aromatic rings. The fourth-order valence-corrected chi connectivity index (χ4v) is 8.38. The van der Waals surface area contributed by atoms with Crippen molar-refractivity contribution in [1.29, 1.82) is 0 Å². The summed E-state index contributed by atoms with van der Waals surface area (Å²) in [6.07, 6.45) is 13.4.